The van der Waals surface area contributed by atoms with Crippen molar-refractivity contribution in [1.82, 2.24) is 20.5 Å². The second-order valence-corrected chi connectivity index (χ2v) is 7.82. The SMILES string of the molecule is CCc1cnc(CCNC(=NC)NCCCN2CC(C)OC(C)C2)s1. The van der Waals surface area contributed by atoms with Crippen LogP contribution in [0.5, 0.6) is 0 Å². The lowest BCUT2D eigenvalue weighted by molar-refractivity contribution is -0.0679. The Bertz CT molecular complexity index is 523. The van der Waals surface area contributed by atoms with Gasteiger partial charge in [0.25, 0.3) is 0 Å². The third-order valence-corrected chi connectivity index (χ3v) is 5.45. The van der Waals surface area contributed by atoms with E-state index in [1.165, 1.54) is 9.88 Å². The van der Waals surface area contributed by atoms with Crippen LogP contribution in [-0.2, 0) is 17.6 Å². The highest BCUT2D eigenvalue weighted by Gasteiger charge is 2.21. The van der Waals surface area contributed by atoms with Gasteiger partial charge in [-0.1, -0.05) is 6.92 Å². The number of aromatic nitrogens is 1. The van der Waals surface area contributed by atoms with Gasteiger partial charge in [0.15, 0.2) is 5.96 Å². The predicted molar refractivity (Wildman–Crippen MR) is 106 cm³/mol. The van der Waals surface area contributed by atoms with E-state index in [9.17, 15) is 0 Å². The first-order valence-electron chi connectivity index (χ1n) is 9.36. The minimum absolute atomic E-state index is 0.338. The van der Waals surface area contributed by atoms with Crippen LogP contribution in [0.1, 0.15) is 37.1 Å². The second kappa shape index (κ2) is 10.7. The summed E-state index contributed by atoms with van der Waals surface area (Å²) in [6.07, 6.45) is 5.77. The minimum Gasteiger partial charge on any atom is -0.373 e. The molecule has 7 heteroatoms. The molecule has 0 aromatic carbocycles. The largest absolute Gasteiger partial charge is 0.373 e. The fourth-order valence-corrected chi connectivity index (χ4v) is 3.97. The van der Waals surface area contributed by atoms with Gasteiger partial charge in [-0.15, -0.1) is 11.3 Å². The summed E-state index contributed by atoms with van der Waals surface area (Å²) in [6.45, 7) is 11.4. The third-order valence-electron chi connectivity index (χ3n) is 4.24. The normalized spacial score (nSPS) is 22.2. The maximum atomic E-state index is 5.78. The zero-order valence-corrected chi connectivity index (χ0v) is 16.9. The molecule has 0 amide bonds. The summed E-state index contributed by atoms with van der Waals surface area (Å²) in [5.41, 5.74) is 0. The summed E-state index contributed by atoms with van der Waals surface area (Å²) in [4.78, 5) is 12.6. The lowest BCUT2D eigenvalue weighted by atomic mass is 10.2. The van der Waals surface area contributed by atoms with E-state index < -0.39 is 0 Å². The summed E-state index contributed by atoms with van der Waals surface area (Å²) in [6, 6.07) is 0. The summed E-state index contributed by atoms with van der Waals surface area (Å²) in [5, 5.41) is 7.96. The van der Waals surface area contributed by atoms with Crippen LogP contribution >= 0.6 is 11.3 Å². The van der Waals surface area contributed by atoms with Gasteiger partial charge in [0.2, 0.25) is 0 Å². The van der Waals surface area contributed by atoms with Crippen LogP contribution in [0, 0.1) is 0 Å². The number of rotatable bonds is 8. The summed E-state index contributed by atoms with van der Waals surface area (Å²) in [5.74, 6) is 0.871. The van der Waals surface area contributed by atoms with E-state index in [2.05, 4.69) is 46.3 Å². The lowest BCUT2D eigenvalue weighted by Crippen LogP contribution is -2.46. The van der Waals surface area contributed by atoms with E-state index >= 15 is 0 Å². The molecule has 6 nitrogen and oxygen atoms in total. The van der Waals surface area contributed by atoms with Crippen molar-refractivity contribution in [2.75, 3.05) is 39.8 Å². The van der Waals surface area contributed by atoms with Crippen molar-refractivity contribution in [3.8, 4) is 0 Å². The zero-order chi connectivity index (χ0) is 18.1. The Morgan fingerprint density at radius 3 is 2.68 bits per heavy atom. The molecule has 0 aliphatic carbocycles. The number of hydrogen-bond acceptors (Lipinski definition) is 5. The lowest BCUT2D eigenvalue weighted by Gasteiger charge is -2.35. The fourth-order valence-electron chi connectivity index (χ4n) is 3.11. The molecular weight excluding hydrogens is 334 g/mol. The smallest absolute Gasteiger partial charge is 0.190 e. The van der Waals surface area contributed by atoms with E-state index in [4.69, 9.17) is 4.74 Å². The monoisotopic (exact) mass is 367 g/mol. The van der Waals surface area contributed by atoms with Gasteiger partial charge in [-0.25, -0.2) is 4.98 Å². The molecule has 25 heavy (non-hydrogen) atoms. The van der Waals surface area contributed by atoms with Crippen molar-refractivity contribution in [2.24, 2.45) is 4.99 Å². The number of ether oxygens (including phenoxy) is 1. The van der Waals surface area contributed by atoms with Crippen LogP contribution in [0.15, 0.2) is 11.2 Å². The molecule has 0 bridgehead atoms. The van der Waals surface area contributed by atoms with Crippen molar-refractivity contribution < 1.29 is 4.74 Å². The summed E-state index contributed by atoms with van der Waals surface area (Å²) >= 11 is 1.80. The van der Waals surface area contributed by atoms with Gasteiger partial charge in [-0.05, 0) is 26.7 Å². The van der Waals surface area contributed by atoms with Gasteiger partial charge in [0.05, 0.1) is 17.2 Å². The average molecular weight is 368 g/mol. The molecule has 2 rings (SSSR count). The fraction of sp³-hybridized carbons (Fsp3) is 0.778. The Kier molecular flexibility index (Phi) is 8.64. The standard InChI is InChI=1S/C18H33N5OS/c1-5-16-11-22-17(25-16)7-9-21-18(19-4)20-8-6-10-23-12-14(2)24-15(3)13-23/h11,14-15H,5-10,12-13H2,1-4H3,(H2,19,20,21). The van der Waals surface area contributed by atoms with E-state index in [0.29, 0.717) is 12.2 Å². The van der Waals surface area contributed by atoms with Crippen molar-refractivity contribution in [2.45, 2.75) is 52.2 Å². The molecule has 1 aromatic rings. The van der Waals surface area contributed by atoms with E-state index in [-0.39, 0.29) is 0 Å². The molecule has 2 atom stereocenters. The topological polar surface area (TPSA) is 61.8 Å². The number of thiazole rings is 1. The molecule has 142 valence electrons. The quantitative estimate of drug-likeness (QED) is 0.418. The average Bonchev–Trinajstić information content (AvgIpc) is 3.04. The van der Waals surface area contributed by atoms with Gasteiger partial charge < -0.3 is 15.4 Å². The molecule has 1 aromatic heterocycles. The van der Waals surface area contributed by atoms with Gasteiger partial charge in [-0.2, -0.15) is 0 Å². The second-order valence-electron chi connectivity index (χ2n) is 6.62. The van der Waals surface area contributed by atoms with E-state index in [1.807, 2.05) is 13.2 Å². The Balaban J connectivity index is 1.58. The van der Waals surface area contributed by atoms with Crippen molar-refractivity contribution in [1.29, 1.82) is 0 Å². The molecule has 0 spiro atoms. The van der Waals surface area contributed by atoms with Crippen LogP contribution in [0.4, 0.5) is 0 Å². The Morgan fingerprint density at radius 2 is 2.04 bits per heavy atom. The third kappa shape index (κ3) is 7.30. The van der Waals surface area contributed by atoms with Crippen LogP contribution in [0.25, 0.3) is 0 Å². The van der Waals surface area contributed by atoms with Gasteiger partial charge in [0, 0.05) is 57.3 Å². The van der Waals surface area contributed by atoms with Crippen LogP contribution in [0.3, 0.4) is 0 Å². The molecule has 0 radical (unpaired) electrons. The number of hydrogen-bond donors (Lipinski definition) is 2. The van der Waals surface area contributed by atoms with Gasteiger partial charge >= 0.3 is 0 Å². The number of morpholine rings is 1. The van der Waals surface area contributed by atoms with Gasteiger partial charge in [0.1, 0.15) is 0 Å². The molecule has 0 saturated carbocycles. The van der Waals surface area contributed by atoms with Crippen LogP contribution < -0.4 is 10.6 Å². The van der Waals surface area contributed by atoms with Crippen molar-refractivity contribution in [3.05, 3.63) is 16.1 Å². The van der Waals surface area contributed by atoms with E-state index in [1.54, 1.807) is 11.3 Å². The highest BCUT2D eigenvalue weighted by atomic mass is 32.1. The summed E-state index contributed by atoms with van der Waals surface area (Å²) in [7, 11) is 1.82. The van der Waals surface area contributed by atoms with Crippen LogP contribution in [0.2, 0.25) is 0 Å². The predicted octanol–water partition coefficient (Wildman–Crippen LogP) is 1.91. The molecule has 1 saturated heterocycles. The van der Waals surface area contributed by atoms with Crippen molar-refractivity contribution in [3.63, 3.8) is 0 Å². The molecule has 2 unspecified atom stereocenters. The number of aliphatic imine (C=N–C) groups is 1. The Morgan fingerprint density at radius 1 is 1.32 bits per heavy atom. The summed E-state index contributed by atoms with van der Waals surface area (Å²) < 4.78 is 5.78. The van der Waals surface area contributed by atoms with Gasteiger partial charge in [-0.3, -0.25) is 9.89 Å². The Hall–Kier alpha value is -1.18. The molecule has 1 aliphatic rings. The molecule has 2 heterocycles. The zero-order valence-electron chi connectivity index (χ0n) is 16.0. The maximum Gasteiger partial charge on any atom is 0.190 e. The minimum atomic E-state index is 0.338. The number of guanidine groups is 1. The maximum absolute atomic E-state index is 5.78. The molecule has 1 fully saturated rings. The molecule has 1 aliphatic heterocycles. The highest BCUT2D eigenvalue weighted by Crippen LogP contribution is 2.13. The first-order chi connectivity index (χ1) is 12.1. The molecular formula is C18H33N5OS. The first-order valence-corrected chi connectivity index (χ1v) is 10.2. The molecule has 2 N–H and O–H groups in total. The Labute approximate surface area is 156 Å². The number of nitrogens with one attached hydrogen (secondary N) is 2. The first kappa shape index (κ1) is 20.1. The number of aryl methyl sites for hydroxylation is 1. The van der Waals surface area contributed by atoms with E-state index in [0.717, 1.165) is 57.9 Å². The van der Waals surface area contributed by atoms with Crippen molar-refractivity contribution >= 4 is 17.3 Å². The highest BCUT2D eigenvalue weighted by molar-refractivity contribution is 7.11. The van der Waals surface area contributed by atoms with Crippen LogP contribution in [-0.4, -0.2) is 67.8 Å². The number of nitrogens with zero attached hydrogens (tertiary/aromatic N) is 3.